The highest BCUT2D eigenvalue weighted by molar-refractivity contribution is 6.08. The summed E-state index contributed by atoms with van der Waals surface area (Å²) in [5, 5.41) is 51.8. The maximum absolute atomic E-state index is 13.2. The summed E-state index contributed by atoms with van der Waals surface area (Å²) in [7, 11) is 0. The smallest absolute Gasteiger partial charge is 0.416 e. The molecule has 718 valence electrons. The van der Waals surface area contributed by atoms with Gasteiger partial charge in [-0.2, -0.15) is 36.1 Å². The molecule has 18 rings (SSSR count). The summed E-state index contributed by atoms with van der Waals surface area (Å²) in [5.74, 6) is -1.85. The predicted molar refractivity (Wildman–Crippen MR) is 486 cm³/mol. The van der Waals surface area contributed by atoms with Crippen molar-refractivity contribution in [2.24, 2.45) is 0 Å². The number of hydrogen-bond donors (Lipinski definition) is 8. The van der Waals surface area contributed by atoms with Crippen molar-refractivity contribution < 1.29 is 107 Å². The molecule has 42 heteroatoms. The van der Waals surface area contributed by atoms with Gasteiger partial charge < -0.3 is 53.1 Å². The fourth-order valence-electron chi connectivity index (χ4n) is 16.4. The van der Waals surface area contributed by atoms with E-state index in [2.05, 4.69) is 51.2 Å². The van der Waals surface area contributed by atoms with Gasteiger partial charge in [0, 0.05) is 128 Å². The van der Waals surface area contributed by atoms with Crippen LogP contribution >= 0.6 is 0 Å². The summed E-state index contributed by atoms with van der Waals surface area (Å²) < 4.78 is 149. The lowest BCUT2D eigenvalue weighted by Crippen LogP contribution is -2.59. The van der Waals surface area contributed by atoms with Crippen LogP contribution in [0.5, 0.6) is 0 Å². The lowest BCUT2D eigenvalue weighted by molar-refractivity contribution is -0.138. The number of piperazine rings is 1. The SMILES string of the molecule is CC1(C)CN(c2ccc3c(c2)nc(NC(=O)c2cccc(C(F)(F)F)c2)n3CCCO)C(=O)O1.CC1(C)CN(c2ccc3c(c2)nc(NC(=O)c2cccc(C(F)F)c2)n3CCCO)C(=O)O1.O=C(Nc1nc2cc(-n3ncccc3=O)ccc2n1CCCO)c1cccc(C(F)(F)F)c1.O=C(Nc1nc2cc(N3C(=O)CN(C4CC4)CC34CC4)ccc2n1CCCO)c1cccc(C(F)F)c1. The van der Waals surface area contributed by atoms with Gasteiger partial charge in [0.25, 0.3) is 42.0 Å². The Bertz CT molecular complexity index is 6800. The van der Waals surface area contributed by atoms with Crippen LogP contribution in [0.25, 0.3) is 49.8 Å². The van der Waals surface area contributed by atoms with Crippen molar-refractivity contribution in [2.45, 2.75) is 153 Å². The molecule has 32 nitrogen and oxygen atoms in total. The number of carbonyl (C=O) groups is 7. The number of benzene rings is 8. The summed E-state index contributed by atoms with van der Waals surface area (Å²) in [6.07, 6.45) is -8.11. The maximum Gasteiger partial charge on any atom is 0.416 e. The van der Waals surface area contributed by atoms with E-state index in [0.29, 0.717) is 133 Å². The van der Waals surface area contributed by atoms with Crippen molar-refractivity contribution in [3.05, 3.63) is 243 Å². The van der Waals surface area contributed by atoms with E-state index in [9.17, 15) is 103 Å². The van der Waals surface area contributed by atoms with Crippen LogP contribution < -0.4 is 41.5 Å². The molecule has 8 aromatic carbocycles. The second kappa shape index (κ2) is 40.2. The highest BCUT2D eigenvalue weighted by atomic mass is 19.4. The van der Waals surface area contributed by atoms with Crippen molar-refractivity contribution in [3.8, 4) is 5.69 Å². The van der Waals surface area contributed by atoms with E-state index < -0.39 is 83.3 Å². The number of carbonyl (C=O) groups excluding carboxylic acids is 7. The molecule has 7 amide bonds. The van der Waals surface area contributed by atoms with Gasteiger partial charge in [-0.15, -0.1) is 0 Å². The number of halogens is 10. The van der Waals surface area contributed by atoms with E-state index in [4.69, 9.17) is 9.47 Å². The van der Waals surface area contributed by atoms with Gasteiger partial charge in [0.15, 0.2) is 0 Å². The Balaban J connectivity index is 0.000000139. The first-order valence-electron chi connectivity index (χ1n) is 43.8. The minimum Gasteiger partial charge on any atom is -0.441 e. The third kappa shape index (κ3) is 22.2. The van der Waals surface area contributed by atoms with Crippen molar-refractivity contribution in [1.29, 1.82) is 0 Å². The molecule has 2 saturated carbocycles. The Kier molecular flexibility index (Phi) is 28.5. The first-order valence-corrected chi connectivity index (χ1v) is 43.8. The molecule has 5 aromatic heterocycles. The quantitative estimate of drug-likeness (QED) is 0.0222. The fraction of sp³-hybridized carbons (Fsp3) is 0.337. The van der Waals surface area contributed by atoms with Crippen LogP contribution in [-0.2, 0) is 52.8 Å². The van der Waals surface area contributed by atoms with Crippen LogP contribution in [0.3, 0.4) is 0 Å². The number of hydrogen-bond acceptors (Lipinski definition) is 20. The molecule has 0 unspecified atom stereocenters. The zero-order valence-electron chi connectivity index (χ0n) is 74.2. The number of ether oxygens (including phenoxy) is 2. The standard InChI is InChI=1S/C27H29F2N5O3.C23H23F3N4O4.C23H24F2N4O4.C22H18F3N5O3/c28-24(29)17-3-1-4-18(13-17)25(37)31-26-30-21-14-20(7-8-22(21)33(26)11-2-12-35)34-23(36)15-32(19-5-6-19)16-27(34)9-10-27;1-22(2)13-30(21(33)34-22)16-7-8-18-17(12-16)27-20(29(18)9-4-10-31)28-19(32)14-5-3-6-15(11-14)23(24,25)26;1-23(2)13-29(22(32)33-23)16-7-8-18-17(12-16)26-21(28(18)9-4-10-30)27-20(31)15-6-3-5-14(11-15)19(24)25;23-22(24,25)15-5-1-4-14(12-15)20(33)28-21-27-17-13-16(30-19(32)6-2-9-26-30)7-8-18(17)29(21)10-3-11-31/h1,3-4,7-8,13-14,19,24,35H,2,5-6,9-12,15-16H2,(H,30,31,37);3,5-8,11-12,31H,4,9-10,13H2,1-2H3,(H,27,28,32);3,5-8,11-12,19,30H,4,9-10,13H2,1-2H3,(H,26,27,31);1-2,4-9,12-13,31H,3,10-11H2,(H,27,28,33). The Morgan fingerprint density at radius 2 is 0.774 bits per heavy atom. The van der Waals surface area contributed by atoms with Crippen molar-refractivity contribution in [3.63, 3.8) is 0 Å². The first kappa shape index (κ1) is 97.1. The molecule has 1 spiro atoms. The topological polar surface area (TPSA) is 386 Å². The van der Waals surface area contributed by atoms with Gasteiger partial charge in [0.2, 0.25) is 29.7 Å². The largest absolute Gasteiger partial charge is 0.441 e. The Morgan fingerprint density at radius 3 is 1.10 bits per heavy atom. The van der Waals surface area contributed by atoms with Crippen molar-refractivity contribution in [1.82, 2.24) is 52.9 Å². The Morgan fingerprint density at radius 1 is 0.431 bits per heavy atom. The Labute approximate surface area is 774 Å². The lowest BCUT2D eigenvalue weighted by atomic mass is 10.1. The molecule has 13 aromatic rings. The number of rotatable bonds is 27. The van der Waals surface area contributed by atoms with Crippen LogP contribution in [-0.4, -0.2) is 190 Å². The van der Waals surface area contributed by atoms with Gasteiger partial charge in [0.1, 0.15) is 11.2 Å². The van der Waals surface area contributed by atoms with E-state index in [0.717, 1.165) is 73.1 Å². The number of fused-ring (bicyclic) bond motifs is 4. The average molecular weight is 1900 g/mol. The van der Waals surface area contributed by atoms with E-state index in [-0.39, 0.29) is 101 Å². The summed E-state index contributed by atoms with van der Waals surface area (Å²) >= 11 is 0. The fourth-order valence-corrected chi connectivity index (χ4v) is 16.4. The average Bonchev–Trinajstić information content (AvgIpc) is 1.56. The molecule has 5 fully saturated rings. The number of aliphatic hydroxyl groups excluding tert-OH is 4. The highest BCUT2D eigenvalue weighted by Crippen LogP contribution is 2.50. The van der Waals surface area contributed by atoms with Crippen LogP contribution in [0.2, 0.25) is 0 Å². The number of imidazole rings is 4. The van der Waals surface area contributed by atoms with Gasteiger partial charge in [0.05, 0.1) is 86.1 Å². The number of anilines is 7. The van der Waals surface area contributed by atoms with Gasteiger partial charge in [-0.05, 0) is 219 Å². The third-order valence-electron chi connectivity index (χ3n) is 23.2. The molecule has 3 saturated heterocycles. The second-order valence-corrected chi connectivity index (χ2v) is 34.5. The van der Waals surface area contributed by atoms with Crippen molar-refractivity contribution >= 4 is 127 Å². The molecule has 3 aliphatic heterocycles. The number of aryl methyl sites for hydroxylation is 4. The van der Waals surface area contributed by atoms with E-state index >= 15 is 0 Å². The number of aliphatic hydroxyl groups is 4. The number of amides is 7. The van der Waals surface area contributed by atoms with E-state index in [1.165, 1.54) is 100 Å². The van der Waals surface area contributed by atoms with Crippen molar-refractivity contribution in [2.75, 3.05) is 88.6 Å². The van der Waals surface area contributed by atoms with Crippen LogP contribution in [0, 0.1) is 0 Å². The summed E-state index contributed by atoms with van der Waals surface area (Å²) in [4.78, 5) is 126. The zero-order valence-corrected chi connectivity index (χ0v) is 74.2. The minimum atomic E-state index is -4.58. The molecule has 2 aliphatic carbocycles. The predicted octanol–water partition coefficient (Wildman–Crippen LogP) is 16.0. The molecular formula is C95H94F10N18O14. The highest BCUT2D eigenvalue weighted by Gasteiger charge is 2.56. The third-order valence-corrected chi connectivity index (χ3v) is 23.2. The maximum atomic E-state index is 13.2. The van der Waals surface area contributed by atoms with E-state index in [1.807, 2.05) is 36.9 Å². The number of alkyl halides is 10. The normalized spacial score (nSPS) is 15.6. The first-order chi connectivity index (χ1) is 65.3. The molecule has 8 N–H and O–H groups in total. The van der Waals surface area contributed by atoms with Gasteiger partial charge in [-0.25, -0.2) is 47.1 Å². The number of nitrogens with one attached hydrogen (secondary N) is 4. The second-order valence-electron chi connectivity index (χ2n) is 34.5. The molecule has 8 heterocycles. The molecule has 0 atom stereocenters. The summed E-state index contributed by atoms with van der Waals surface area (Å²) in [6, 6.07) is 43.2. The molecule has 0 radical (unpaired) electrons. The minimum absolute atomic E-state index is 0.0378. The van der Waals surface area contributed by atoms with Gasteiger partial charge >= 0.3 is 24.5 Å². The number of cyclic esters (lactones) is 2. The van der Waals surface area contributed by atoms with Crippen LogP contribution in [0.4, 0.5) is 94.3 Å². The molecule has 0 bridgehead atoms. The molecular weight excluding hydrogens is 1810 g/mol. The van der Waals surface area contributed by atoms with E-state index in [1.54, 1.807) is 86.7 Å². The van der Waals surface area contributed by atoms with Crippen LogP contribution in [0.1, 0.15) is 156 Å². The zero-order chi connectivity index (χ0) is 97.7. The van der Waals surface area contributed by atoms with Crippen LogP contribution in [0.15, 0.2) is 193 Å². The monoisotopic (exact) mass is 1900 g/mol. The van der Waals surface area contributed by atoms with Gasteiger partial charge in [-0.3, -0.25) is 64.7 Å². The molecule has 137 heavy (non-hydrogen) atoms. The summed E-state index contributed by atoms with van der Waals surface area (Å²) in [6.45, 7) is 10.4. The number of aromatic nitrogens is 10. The number of nitrogens with zero attached hydrogens (tertiary/aromatic N) is 14. The Hall–Kier alpha value is -14.5. The molecule has 5 aliphatic rings. The summed E-state index contributed by atoms with van der Waals surface area (Å²) in [5.41, 5.74) is 2.87. The lowest BCUT2D eigenvalue weighted by Gasteiger charge is -2.42. The van der Waals surface area contributed by atoms with Gasteiger partial charge in [-0.1, -0.05) is 36.4 Å².